The molecule has 1 atom stereocenters. The van der Waals surface area contributed by atoms with Gasteiger partial charge in [0, 0.05) is 18.0 Å². The Morgan fingerprint density at radius 2 is 1.53 bits per heavy atom. The lowest BCUT2D eigenvalue weighted by Crippen LogP contribution is -2.61. The predicted octanol–water partition coefficient (Wildman–Crippen LogP) is 3.12. The SMILES string of the molecule is CC(O)(c1cccnc1)C(F)(F)C(F)(F)C(F)(F)F. The quantitative estimate of drug-likeness (QED) is 0.868. The number of halogens is 7. The minimum atomic E-state index is -6.50. The van der Waals surface area contributed by atoms with Crippen LogP contribution in [0.4, 0.5) is 30.7 Å². The van der Waals surface area contributed by atoms with E-state index in [9.17, 15) is 35.8 Å². The van der Waals surface area contributed by atoms with Gasteiger partial charge in [-0.2, -0.15) is 30.7 Å². The van der Waals surface area contributed by atoms with Crippen LogP contribution in [-0.2, 0) is 5.60 Å². The Labute approximate surface area is 102 Å². The number of alkyl halides is 7. The standard InChI is InChI=1S/C10H8F7NO/c1-7(19,6-3-2-4-18-5-6)8(11,12)9(13,14)10(15,16)17/h2-5,19H,1H3. The smallest absolute Gasteiger partial charge is 0.379 e. The summed E-state index contributed by atoms with van der Waals surface area (Å²) in [6.07, 6.45) is -4.83. The molecule has 0 bridgehead atoms. The van der Waals surface area contributed by atoms with E-state index in [-0.39, 0.29) is 6.92 Å². The Hall–Kier alpha value is -1.38. The Morgan fingerprint density at radius 1 is 1.00 bits per heavy atom. The van der Waals surface area contributed by atoms with Gasteiger partial charge >= 0.3 is 18.0 Å². The highest BCUT2D eigenvalue weighted by Crippen LogP contribution is 2.53. The first-order valence-corrected chi connectivity index (χ1v) is 4.81. The topological polar surface area (TPSA) is 33.1 Å². The van der Waals surface area contributed by atoms with Crippen molar-refractivity contribution in [1.29, 1.82) is 0 Å². The summed E-state index contributed by atoms with van der Waals surface area (Å²) in [6, 6.07) is 1.79. The van der Waals surface area contributed by atoms with Gasteiger partial charge in [0.05, 0.1) is 0 Å². The minimum absolute atomic E-state index is 0.170. The van der Waals surface area contributed by atoms with Crippen LogP contribution in [0.5, 0.6) is 0 Å². The highest BCUT2D eigenvalue weighted by atomic mass is 19.4. The molecule has 1 aromatic rings. The third-order valence-electron chi connectivity index (χ3n) is 2.59. The van der Waals surface area contributed by atoms with Crippen molar-refractivity contribution in [2.45, 2.75) is 30.5 Å². The van der Waals surface area contributed by atoms with Crippen molar-refractivity contribution >= 4 is 0 Å². The van der Waals surface area contributed by atoms with Crippen molar-refractivity contribution in [1.82, 2.24) is 4.98 Å². The molecule has 0 fully saturated rings. The molecule has 0 amide bonds. The van der Waals surface area contributed by atoms with Crippen LogP contribution in [0.2, 0.25) is 0 Å². The van der Waals surface area contributed by atoms with E-state index in [2.05, 4.69) is 4.98 Å². The Kier molecular flexibility index (Phi) is 3.57. The van der Waals surface area contributed by atoms with Gasteiger partial charge in [0.2, 0.25) is 0 Å². The fourth-order valence-electron chi connectivity index (χ4n) is 1.32. The molecule has 2 nitrogen and oxygen atoms in total. The zero-order valence-corrected chi connectivity index (χ0v) is 9.35. The molecule has 0 aliphatic carbocycles. The third kappa shape index (κ3) is 2.26. The van der Waals surface area contributed by atoms with Crippen LogP contribution in [0.25, 0.3) is 0 Å². The van der Waals surface area contributed by atoms with Crippen LogP contribution in [-0.4, -0.2) is 28.1 Å². The molecule has 0 radical (unpaired) electrons. The molecule has 0 aliphatic rings. The van der Waals surface area contributed by atoms with E-state index in [1.807, 2.05) is 0 Å². The maximum atomic E-state index is 13.4. The number of hydrogen-bond donors (Lipinski definition) is 1. The number of nitrogens with zero attached hydrogens (tertiary/aromatic N) is 1. The predicted molar refractivity (Wildman–Crippen MR) is 49.8 cm³/mol. The maximum Gasteiger partial charge on any atom is 0.460 e. The number of rotatable bonds is 3. The molecule has 0 saturated carbocycles. The Bertz CT molecular complexity index is 441. The van der Waals surface area contributed by atoms with E-state index in [0.29, 0.717) is 6.20 Å². The monoisotopic (exact) mass is 291 g/mol. The van der Waals surface area contributed by atoms with Gasteiger partial charge < -0.3 is 5.11 Å². The first-order valence-electron chi connectivity index (χ1n) is 4.81. The van der Waals surface area contributed by atoms with Gasteiger partial charge in [-0.15, -0.1) is 0 Å². The van der Waals surface area contributed by atoms with E-state index in [1.54, 1.807) is 0 Å². The van der Waals surface area contributed by atoms with Gasteiger partial charge in [-0.25, -0.2) is 0 Å². The van der Waals surface area contributed by atoms with Crippen molar-refractivity contribution in [3.05, 3.63) is 30.1 Å². The van der Waals surface area contributed by atoms with E-state index >= 15 is 0 Å². The fourth-order valence-corrected chi connectivity index (χ4v) is 1.32. The maximum absolute atomic E-state index is 13.4. The summed E-state index contributed by atoms with van der Waals surface area (Å²) in [6.45, 7) is 0.170. The van der Waals surface area contributed by atoms with E-state index in [1.165, 1.54) is 0 Å². The van der Waals surface area contributed by atoms with Crippen molar-refractivity contribution < 1.29 is 35.8 Å². The van der Waals surface area contributed by atoms with Gasteiger partial charge in [-0.3, -0.25) is 4.98 Å². The summed E-state index contributed by atoms with van der Waals surface area (Å²) in [7, 11) is 0. The van der Waals surface area contributed by atoms with Crippen molar-refractivity contribution in [3.8, 4) is 0 Å². The van der Waals surface area contributed by atoms with Gasteiger partial charge in [0.15, 0.2) is 5.60 Å². The lowest BCUT2D eigenvalue weighted by Gasteiger charge is -2.38. The van der Waals surface area contributed by atoms with E-state index in [0.717, 1.165) is 18.3 Å². The number of pyridine rings is 1. The van der Waals surface area contributed by atoms with Gasteiger partial charge in [0.1, 0.15) is 0 Å². The molecule has 0 aliphatic heterocycles. The molecule has 1 rings (SSSR count). The highest BCUT2D eigenvalue weighted by molar-refractivity contribution is 5.23. The summed E-state index contributed by atoms with van der Waals surface area (Å²) in [5, 5.41) is 9.44. The van der Waals surface area contributed by atoms with Gasteiger partial charge in [-0.1, -0.05) is 6.07 Å². The lowest BCUT2D eigenvalue weighted by molar-refractivity contribution is -0.388. The molecule has 9 heteroatoms. The molecule has 0 saturated heterocycles. The summed E-state index contributed by atoms with van der Waals surface area (Å²) in [5.74, 6) is -12.2. The molecule has 19 heavy (non-hydrogen) atoms. The largest absolute Gasteiger partial charge is 0.460 e. The Balaban J connectivity index is 3.34. The van der Waals surface area contributed by atoms with Crippen LogP contribution in [0, 0.1) is 0 Å². The molecular formula is C10H8F7NO. The first kappa shape index (κ1) is 15.7. The molecule has 1 heterocycles. The minimum Gasteiger partial charge on any atom is -0.379 e. The summed E-state index contributed by atoms with van der Waals surface area (Å²) in [5.41, 5.74) is -4.59. The Morgan fingerprint density at radius 3 is 1.89 bits per heavy atom. The molecule has 0 aromatic carbocycles. The summed E-state index contributed by atoms with van der Waals surface area (Å²) < 4.78 is 88.6. The van der Waals surface area contributed by atoms with Crippen molar-refractivity contribution in [2.75, 3.05) is 0 Å². The molecule has 108 valence electrons. The fraction of sp³-hybridized carbons (Fsp3) is 0.500. The van der Waals surface area contributed by atoms with E-state index in [4.69, 9.17) is 0 Å². The average Bonchev–Trinajstić information content (AvgIpc) is 2.28. The van der Waals surface area contributed by atoms with Crippen LogP contribution in [0.15, 0.2) is 24.5 Å². The van der Waals surface area contributed by atoms with Gasteiger partial charge in [0.25, 0.3) is 0 Å². The van der Waals surface area contributed by atoms with Crippen molar-refractivity contribution in [2.24, 2.45) is 0 Å². The van der Waals surface area contributed by atoms with Gasteiger partial charge in [-0.05, 0) is 13.0 Å². The van der Waals surface area contributed by atoms with Crippen LogP contribution in [0.3, 0.4) is 0 Å². The van der Waals surface area contributed by atoms with Crippen LogP contribution in [0.1, 0.15) is 12.5 Å². The molecule has 1 aromatic heterocycles. The second-order valence-corrected chi connectivity index (χ2v) is 3.96. The molecule has 1 unspecified atom stereocenters. The molecule has 1 N–H and O–H groups in total. The van der Waals surface area contributed by atoms with Crippen LogP contribution >= 0.6 is 0 Å². The summed E-state index contributed by atoms with van der Waals surface area (Å²) in [4.78, 5) is 3.29. The van der Waals surface area contributed by atoms with Crippen molar-refractivity contribution in [3.63, 3.8) is 0 Å². The number of hydrogen-bond acceptors (Lipinski definition) is 2. The zero-order chi connectivity index (χ0) is 15.1. The second kappa shape index (κ2) is 4.32. The molecule has 0 spiro atoms. The lowest BCUT2D eigenvalue weighted by atomic mass is 9.86. The first-order chi connectivity index (χ1) is 8.36. The average molecular weight is 291 g/mol. The molecular weight excluding hydrogens is 283 g/mol. The van der Waals surface area contributed by atoms with Crippen LogP contribution < -0.4 is 0 Å². The third-order valence-corrected chi connectivity index (χ3v) is 2.59. The van der Waals surface area contributed by atoms with E-state index < -0.39 is 29.2 Å². The highest BCUT2D eigenvalue weighted by Gasteiger charge is 2.78. The normalized spacial score (nSPS) is 17.1. The zero-order valence-electron chi connectivity index (χ0n) is 9.35. The number of aromatic nitrogens is 1. The number of aliphatic hydroxyl groups is 1. The second-order valence-electron chi connectivity index (χ2n) is 3.96. The summed E-state index contributed by atoms with van der Waals surface area (Å²) >= 11 is 0.